The van der Waals surface area contributed by atoms with Gasteiger partial charge in [-0.3, -0.25) is 0 Å². The molecule has 3 aromatic rings. The van der Waals surface area contributed by atoms with Crippen LogP contribution in [0.5, 0.6) is 11.5 Å². The van der Waals surface area contributed by atoms with Crippen molar-refractivity contribution < 1.29 is 13.9 Å². The van der Waals surface area contributed by atoms with E-state index in [1.807, 2.05) is 42.5 Å². The van der Waals surface area contributed by atoms with Crippen LogP contribution in [0.25, 0.3) is 0 Å². The van der Waals surface area contributed by atoms with Gasteiger partial charge in [-0.1, -0.05) is 42.1 Å². The smallest absolute Gasteiger partial charge is 0.276 e. The Labute approximate surface area is 158 Å². The zero-order valence-corrected chi connectivity index (χ0v) is 16.3. The first-order valence-corrected chi connectivity index (χ1v) is 9.37. The number of hydrogen-bond acceptors (Lipinski definition) is 6. The number of methoxy groups -OCH3 is 2. The first-order chi connectivity index (χ1) is 12.2. The molecule has 0 radical (unpaired) electrons. The van der Waals surface area contributed by atoms with Gasteiger partial charge in [0.1, 0.15) is 11.5 Å². The van der Waals surface area contributed by atoms with Crippen LogP contribution in [0, 0.1) is 0 Å². The van der Waals surface area contributed by atoms with E-state index in [2.05, 4.69) is 26.1 Å². The lowest BCUT2D eigenvalue weighted by Gasteiger charge is -2.11. The Morgan fingerprint density at radius 3 is 2.52 bits per heavy atom. The molecular weight excluding hydrogens is 404 g/mol. The van der Waals surface area contributed by atoms with Crippen LogP contribution in [0.1, 0.15) is 17.0 Å². The van der Waals surface area contributed by atoms with E-state index in [0.717, 1.165) is 27.1 Å². The van der Waals surface area contributed by atoms with E-state index in [0.29, 0.717) is 23.3 Å². The number of halogens is 1. The number of rotatable bonds is 7. The minimum absolute atomic E-state index is 0.537. The first kappa shape index (κ1) is 17.8. The SMILES string of the molecule is COc1cc(CSc2nnc(Cc3ccccc3)o2)c(OC)cc1Br. The summed E-state index contributed by atoms with van der Waals surface area (Å²) in [5.74, 6) is 2.78. The fourth-order valence-electron chi connectivity index (χ4n) is 2.31. The van der Waals surface area contributed by atoms with Crippen LogP contribution in [-0.4, -0.2) is 24.4 Å². The summed E-state index contributed by atoms with van der Waals surface area (Å²) in [5.41, 5.74) is 2.14. The molecule has 0 saturated carbocycles. The molecule has 0 fully saturated rings. The van der Waals surface area contributed by atoms with Crippen molar-refractivity contribution in [3.63, 3.8) is 0 Å². The van der Waals surface area contributed by atoms with Crippen LogP contribution in [0.15, 0.2) is 56.6 Å². The summed E-state index contributed by atoms with van der Waals surface area (Å²) < 4.78 is 17.4. The summed E-state index contributed by atoms with van der Waals surface area (Å²) in [7, 11) is 3.28. The van der Waals surface area contributed by atoms with Gasteiger partial charge in [-0.05, 0) is 33.6 Å². The molecule has 0 amide bonds. The quantitative estimate of drug-likeness (QED) is 0.514. The van der Waals surface area contributed by atoms with E-state index in [4.69, 9.17) is 13.9 Å². The van der Waals surface area contributed by atoms with E-state index in [-0.39, 0.29) is 0 Å². The third-order valence-electron chi connectivity index (χ3n) is 3.55. The van der Waals surface area contributed by atoms with E-state index in [1.165, 1.54) is 11.8 Å². The number of thioether (sulfide) groups is 1. The molecule has 3 rings (SSSR count). The highest BCUT2D eigenvalue weighted by Gasteiger charge is 2.13. The van der Waals surface area contributed by atoms with Crippen LogP contribution >= 0.6 is 27.7 Å². The number of ether oxygens (including phenoxy) is 2. The molecule has 0 atom stereocenters. The highest BCUT2D eigenvalue weighted by atomic mass is 79.9. The maximum Gasteiger partial charge on any atom is 0.276 e. The van der Waals surface area contributed by atoms with Crippen molar-refractivity contribution in [3.8, 4) is 11.5 Å². The molecule has 0 unspecified atom stereocenters. The zero-order valence-electron chi connectivity index (χ0n) is 13.9. The molecule has 0 aliphatic carbocycles. The topological polar surface area (TPSA) is 57.4 Å². The number of nitrogens with zero attached hydrogens (tertiary/aromatic N) is 2. The summed E-state index contributed by atoms with van der Waals surface area (Å²) in [6, 6.07) is 13.9. The molecular formula is C18H17BrN2O3S. The van der Waals surface area contributed by atoms with Crippen molar-refractivity contribution in [1.82, 2.24) is 10.2 Å². The van der Waals surface area contributed by atoms with Crippen LogP contribution in [0.3, 0.4) is 0 Å². The normalized spacial score (nSPS) is 10.7. The molecule has 0 N–H and O–H groups in total. The Hall–Kier alpha value is -1.99. The van der Waals surface area contributed by atoms with Gasteiger partial charge in [0, 0.05) is 11.3 Å². The van der Waals surface area contributed by atoms with Gasteiger partial charge in [-0.25, -0.2) is 0 Å². The molecule has 1 aromatic heterocycles. The van der Waals surface area contributed by atoms with Crippen LogP contribution in [-0.2, 0) is 12.2 Å². The molecule has 0 aliphatic heterocycles. The number of aromatic nitrogens is 2. The van der Waals surface area contributed by atoms with Gasteiger partial charge in [0.25, 0.3) is 5.22 Å². The van der Waals surface area contributed by atoms with Gasteiger partial charge in [0.05, 0.1) is 25.1 Å². The molecule has 5 nitrogen and oxygen atoms in total. The second-order valence-corrected chi connectivity index (χ2v) is 6.99. The maximum atomic E-state index is 5.72. The lowest BCUT2D eigenvalue weighted by Crippen LogP contribution is -1.93. The van der Waals surface area contributed by atoms with E-state index < -0.39 is 0 Å². The number of hydrogen-bond donors (Lipinski definition) is 0. The summed E-state index contributed by atoms with van der Waals surface area (Å²) in [6.07, 6.45) is 0.629. The second kappa shape index (κ2) is 8.40. The van der Waals surface area contributed by atoms with Gasteiger partial charge < -0.3 is 13.9 Å². The molecule has 25 heavy (non-hydrogen) atoms. The third kappa shape index (κ3) is 4.55. The van der Waals surface area contributed by atoms with Gasteiger partial charge >= 0.3 is 0 Å². The molecule has 0 spiro atoms. The first-order valence-electron chi connectivity index (χ1n) is 7.59. The van der Waals surface area contributed by atoms with Crippen molar-refractivity contribution >= 4 is 27.7 Å². The fraction of sp³-hybridized carbons (Fsp3) is 0.222. The van der Waals surface area contributed by atoms with Gasteiger partial charge in [-0.15, -0.1) is 10.2 Å². The van der Waals surface area contributed by atoms with Crippen molar-refractivity contribution in [1.29, 1.82) is 0 Å². The van der Waals surface area contributed by atoms with Crippen molar-refractivity contribution in [2.75, 3.05) is 14.2 Å². The van der Waals surface area contributed by atoms with E-state index in [1.54, 1.807) is 14.2 Å². The Kier molecular flexibility index (Phi) is 5.99. The van der Waals surface area contributed by atoms with Gasteiger partial charge in [-0.2, -0.15) is 0 Å². The molecule has 7 heteroatoms. The fourth-order valence-corrected chi connectivity index (χ4v) is 3.56. The Balaban J connectivity index is 1.68. The summed E-state index contributed by atoms with van der Waals surface area (Å²) in [5, 5.41) is 8.76. The molecule has 130 valence electrons. The standard InChI is InChI=1S/C18H17BrN2O3S/c1-22-15-10-14(19)16(23-2)9-13(15)11-25-18-21-20-17(24-18)8-12-6-4-3-5-7-12/h3-7,9-10H,8,11H2,1-2H3. The van der Waals surface area contributed by atoms with Crippen molar-refractivity contribution in [2.45, 2.75) is 17.4 Å². The molecule has 2 aromatic carbocycles. The average Bonchev–Trinajstić information content (AvgIpc) is 3.08. The predicted octanol–water partition coefficient (Wildman–Crippen LogP) is 4.73. The lowest BCUT2D eigenvalue weighted by atomic mass is 10.2. The second-order valence-electron chi connectivity index (χ2n) is 5.21. The largest absolute Gasteiger partial charge is 0.496 e. The average molecular weight is 421 g/mol. The van der Waals surface area contributed by atoms with Gasteiger partial charge in [0.15, 0.2) is 0 Å². The van der Waals surface area contributed by atoms with E-state index >= 15 is 0 Å². The minimum atomic E-state index is 0.537. The monoisotopic (exact) mass is 420 g/mol. The van der Waals surface area contributed by atoms with Crippen molar-refractivity contribution in [2.24, 2.45) is 0 Å². The molecule has 0 saturated heterocycles. The van der Waals surface area contributed by atoms with Crippen molar-refractivity contribution in [3.05, 3.63) is 64.0 Å². The third-order valence-corrected chi connectivity index (χ3v) is 5.04. The summed E-state index contributed by atoms with van der Waals surface area (Å²) >= 11 is 4.93. The Morgan fingerprint density at radius 2 is 1.80 bits per heavy atom. The molecule has 0 bridgehead atoms. The van der Waals surface area contributed by atoms with Crippen LogP contribution in [0.2, 0.25) is 0 Å². The Morgan fingerprint density at radius 1 is 1.04 bits per heavy atom. The molecule has 0 aliphatic rings. The summed E-state index contributed by atoms with van der Waals surface area (Å²) in [4.78, 5) is 0. The molecule has 1 heterocycles. The van der Waals surface area contributed by atoms with Gasteiger partial charge in [0.2, 0.25) is 5.89 Å². The Bertz CT molecular complexity index is 840. The van der Waals surface area contributed by atoms with Crippen LogP contribution < -0.4 is 9.47 Å². The maximum absolute atomic E-state index is 5.72. The predicted molar refractivity (Wildman–Crippen MR) is 100 cm³/mol. The van der Waals surface area contributed by atoms with Crippen LogP contribution in [0.4, 0.5) is 0 Å². The minimum Gasteiger partial charge on any atom is -0.496 e. The lowest BCUT2D eigenvalue weighted by molar-refractivity contribution is 0.398. The summed E-state index contributed by atoms with van der Waals surface area (Å²) in [6.45, 7) is 0. The number of benzene rings is 2. The highest BCUT2D eigenvalue weighted by Crippen LogP contribution is 2.35. The zero-order chi connectivity index (χ0) is 17.6. The highest BCUT2D eigenvalue weighted by molar-refractivity contribution is 9.10. The van der Waals surface area contributed by atoms with E-state index in [9.17, 15) is 0 Å².